The van der Waals surface area contributed by atoms with Crippen molar-refractivity contribution in [2.75, 3.05) is 13.7 Å². The first kappa shape index (κ1) is 13.8. The standard InChI is InChI=1S/C14H19ClFNO/c1-14(7-4-8-18-14)12(17-2)9-10-5-3-6-11(16)13(10)15/h3,5-6,12,17H,4,7-9H2,1-2H3. The van der Waals surface area contributed by atoms with Crippen LogP contribution >= 0.6 is 11.6 Å². The van der Waals surface area contributed by atoms with Crippen molar-refractivity contribution >= 4 is 11.6 Å². The van der Waals surface area contributed by atoms with E-state index in [-0.39, 0.29) is 22.5 Å². The summed E-state index contributed by atoms with van der Waals surface area (Å²) in [5, 5.41) is 3.50. The van der Waals surface area contributed by atoms with Crippen LogP contribution in [0.3, 0.4) is 0 Å². The Kier molecular flexibility index (Phi) is 4.25. The molecule has 2 unspecified atom stereocenters. The van der Waals surface area contributed by atoms with Gasteiger partial charge in [-0.05, 0) is 44.9 Å². The summed E-state index contributed by atoms with van der Waals surface area (Å²) in [6, 6.07) is 5.09. The largest absolute Gasteiger partial charge is 0.374 e. The van der Waals surface area contributed by atoms with Gasteiger partial charge in [-0.3, -0.25) is 0 Å². The summed E-state index contributed by atoms with van der Waals surface area (Å²) in [4.78, 5) is 0. The molecule has 0 aromatic heterocycles. The van der Waals surface area contributed by atoms with Gasteiger partial charge < -0.3 is 10.1 Å². The van der Waals surface area contributed by atoms with Gasteiger partial charge in [-0.1, -0.05) is 23.7 Å². The SMILES string of the molecule is CNC(Cc1cccc(F)c1Cl)C1(C)CCCO1. The molecule has 1 aliphatic rings. The number of ether oxygens (including phenoxy) is 1. The molecule has 2 atom stereocenters. The van der Waals surface area contributed by atoms with Gasteiger partial charge in [0.05, 0.1) is 10.6 Å². The predicted octanol–water partition coefficient (Wildman–Crippen LogP) is 3.18. The number of hydrogen-bond acceptors (Lipinski definition) is 2. The Morgan fingerprint density at radius 3 is 2.94 bits per heavy atom. The third-order valence-electron chi connectivity index (χ3n) is 3.79. The van der Waals surface area contributed by atoms with Crippen LogP contribution < -0.4 is 5.32 Å². The quantitative estimate of drug-likeness (QED) is 0.908. The second kappa shape index (κ2) is 5.55. The lowest BCUT2D eigenvalue weighted by Crippen LogP contribution is -2.48. The Morgan fingerprint density at radius 1 is 1.56 bits per heavy atom. The Morgan fingerprint density at radius 2 is 2.33 bits per heavy atom. The number of benzene rings is 1. The van der Waals surface area contributed by atoms with Gasteiger partial charge in [0, 0.05) is 12.6 Å². The fourth-order valence-electron chi connectivity index (χ4n) is 2.62. The Hall–Kier alpha value is -0.640. The van der Waals surface area contributed by atoms with Gasteiger partial charge in [0.15, 0.2) is 0 Å². The molecule has 100 valence electrons. The molecule has 0 bridgehead atoms. The number of halogens is 2. The first-order chi connectivity index (χ1) is 8.57. The molecule has 0 aliphatic carbocycles. The van der Waals surface area contributed by atoms with Crippen LogP contribution in [-0.2, 0) is 11.2 Å². The molecule has 0 radical (unpaired) electrons. The van der Waals surface area contributed by atoms with E-state index in [0.29, 0.717) is 6.42 Å². The summed E-state index contributed by atoms with van der Waals surface area (Å²) in [6.07, 6.45) is 2.76. The number of rotatable bonds is 4. The van der Waals surface area contributed by atoms with Crippen molar-refractivity contribution in [1.29, 1.82) is 0 Å². The van der Waals surface area contributed by atoms with Crippen molar-refractivity contribution < 1.29 is 9.13 Å². The van der Waals surface area contributed by atoms with Gasteiger partial charge in [-0.15, -0.1) is 0 Å². The molecule has 4 heteroatoms. The average molecular weight is 272 g/mol. The first-order valence-corrected chi connectivity index (χ1v) is 6.69. The maximum atomic E-state index is 13.4. The van der Waals surface area contributed by atoms with Gasteiger partial charge in [0.2, 0.25) is 0 Å². The van der Waals surface area contributed by atoms with Crippen molar-refractivity contribution in [2.24, 2.45) is 0 Å². The summed E-state index contributed by atoms with van der Waals surface area (Å²) in [6.45, 7) is 2.90. The van der Waals surface area contributed by atoms with Gasteiger partial charge >= 0.3 is 0 Å². The molecule has 1 aromatic carbocycles. The summed E-state index contributed by atoms with van der Waals surface area (Å²) in [7, 11) is 1.91. The molecule has 0 amide bonds. The third kappa shape index (κ3) is 2.68. The lowest BCUT2D eigenvalue weighted by atomic mass is 9.88. The second-order valence-corrected chi connectivity index (χ2v) is 5.40. The Labute approximate surface area is 112 Å². The van der Waals surface area contributed by atoms with E-state index in [1.165, 1.54) is 6.07 Å². The molecule has 1 aromatic rings. The zero-order valence-corrected chi connectivity index (χ0v) is 11.6. The molecular formula is C14H19ClFNO. The van der Waals surface area contributed by atoms with E-state index in [9.17, 15) is 4.39 Å². The molecule has 2 nitrogen and oxygen atoms in total. The second-order valence-electron chi connectivity index (χ2n) is 5.02. The number of likely N-dealkylation sites (N-methyl/N-ethyl adjacent to an activating group) is 1. The predicted molar refractivity (Wildman–Crippen MR) is 71.6 cm³/mol. The Bertz CT molecular complexity index is 418. The molecule has 1 saturated heterocycles. The molecule has 18 heavy (non-hydrogen) atoms. The van der Waals surface area contributed by atoms with E-state index in [0.717, 1.165) is 25.0 Å². The molecule has 0 spiro atoms. The minimum absolute atomic E-state index is 0.138. The minimum Gasteiger partial charge on any atom is -0.374 e. The van der Waals surface area contributed by atoms with Crippen molar-refractivity contribution in [3.05, 3.63) is 34.6 Å². The Balaban J connectivity index is 2.17. The molecular weight excluding hydrogens is 253 g/mol. The van der Waals surface area contributed by atoms with Crippen molar-refractivity contribution in [3.8, 4) is 0 Å². The van der Waals surface area contributed by atoms with Crippen molar-refractivity contribution in [2.45, 2.75) is 37.8 Å². The van der Waals surface area contributed by atoms with Crippen molar-refractivity contribution in [1.82, 2.24) is 5.32 Å². The molecule has 1 heterocycles. The monoisotopic (exact) mass is 271 g/mol. The van der Waals surface area contributed by atoms with Crippen LogP contribution in [0.15, 0.2) is 18.2 Å². The normalized spacial score (nSPS) is 25.3. The van der Waals surface area contributed by atoms with Crippen molar-refractivity contribution in [3.63, 3.8) is 0 Å². The zero-order chi connectivity index (χ0) is 13.2. The van der Waals surface area contributed by atoms with Gasteiger partial charge in [-0.25, -0.2) is 4.39 Å². The lowest BCUT2D eigenvalue weighted by molar-refractivity contribution is -0.00944. The maximum Gasteiger partial charge on any atom is 0.142 e. The van der Waals surface area contributed by atoms with E-state index < -0.39 is 0 Å². The molecule has 2 rings (SSSR count). The maximum absolute atomic E-state index is 13.4. The zero-order valence-electron chi connectivity index (χ0n) is 10.8. The van der Waals surface area contributed by atoms with Crippen LogP contribution in [-0.4, -0.2) is 25.3 Å². The van der Waals surface area contributed by atoms with E-state index >= 15 is 0 Å². The number of nitrogens with one attached hydrogen (secondary N) is 1. The summed E-state index contributed by atoms with van der Waals surface area (Å²) < 4.78 is 19.3. The highest BCUT2D eigenvalue weighted by atomic mass is 35.5. The van der Waals surface area contributed by atoms with Crippen LogP contribution in [0.2, 0.25) is 5.02 Å². The summed E-state index contributed by atoms with van der Waals surface area (Å²) >= 11 is 6.00. The van der Waals surface area contributed by atoms with Crippen LogP contribution in [0.1, 0.15) is 25.3 Å². The van der Waals surface area contributed by atoms with Crippen LogP contribution in [0.4, 0.5) is 4.39 Å². The fourth-order valence-corrected chi connectivity index (χ4v) is 2.83. The summed E-state index contributed by atoms with van der Waals surface area (Å²) in [5.74, 6) is -0.360. The number of hydrogen-bond donors (Lipinski definition) is 1. The fraction of sp³-hybridized carbons (Fsp3) is 0.571. The van der Waals surface area contributed by atoms with Crippen LogP contribution in [0.25, 0.3) is 0 Å². The van der Waals surface area contributed by atoms with Gasteiger partial charge in [0.25, 0.3) is 0 Å². The molecule has 1 fully saturated rings. The topological polar surface area (TPSA) is 21.3 Å². The van der Waals surface area contributed by atoms with E-state index in [1.54, 1.807) is 6.07 Å². The highest BCUT2D eigenvalue weighted by molar-refractivity contribution is 6.31. The first-order valence-electron chi connectivity index (χ1n) is 6.31. The van der Waals surface area contributed by atoms with Gasteiger partial charge in [0.1, 0.15) is 5.82 Å². The molecule has 1 aliphatic heterocycles. The molecule has 1 N–H and O–H groups in total. The highest BCUT2D eigenvalue weighted by Gasteiger charge is 2.37. The minimum atomic E-state index is -0.360. The highest BCUT2D eigenvalue weighted by Crippen LogP contribution is 2.31. The van der Waals surface area contributed by atoms with Crippen LogP contribution in [0.5, 0.6) is 0 Å². The average Bonchev–Trinajstić information content (AvgIpc) is 2.79. The smallest absolute Gasteiger partial charge is 0.142 e. The molecule has 0 saturated carbocycles. The van der Waals surface area contributed by atoms with Gasteiger partial charge in [-0.2, -0.15) is 0 Å². The summed E-state index contributed by atoms with van der Waals surface area (Å²) in [5.41, 5.74) is 0.637. The lowest BCUT2D eigenvalue weighted by Gasteiger charge is -2.33. The van der Waals surface area contributed by atoms with Crippen LogP contribution in [0, 0.1) is 5.82 Å². The van der Waals surface area contributed by atoms with E-state index in [1.807, 2.05) is 13.1 Å². The third-order valence-corrected chi connectivity index (χ3v) is 4.21. The van der Waals surface area contributed by atoms with E-state index in [2.05, 4.69) is 12.2 Å². The van der Waals surface area contributed by atoms with E-state index in [4.69, 9.17) is 16.3 Å².